The van der Waals surface area contributed by atoms with E-state index in [2.05, 4.69) is 21.2 Å². The normalized spacial score (nSPS) is 15.5. The first kappa shape index (κ1) is 20.6. The minimum absolute atomic E-state index is 0.158. The van der Waals surface area contributed by atoms with Crippen LogP contribution in [0, 0.1) is 0 Å². The van der Waals surface area contributed by atoms with Gasteiger partial charge < -0.3 is 9.47 Å². The van der Waals surface area contributed by atoms with Gasteiger partial charge in [0.1, 0.15) is 5.57 Å². The van der Waals surface area contributed by atoms with Crippen molar-refractivity contribution in [2.45, 2.75) is 13.3 Å². The van der Waals surface area contributed by atoms with Gasteiger partial charge in [-0.1, -0.05) is 25.1 Å². The molecule has 1 saturated heterocycles. The summed E-state index contributed by atoms with van der Waals surface area (Å²) in [5, 5.41) is 2.24. The van der Waals surface area contributed by atoms with Crippen LogP contribution in [0.25, 0.3) is 6.08 Å². The Labute approximate surface area is 176 Å². The number of para-hydroxylation sites is 1. The van der Waals surface area contributed by atoms with Crippen molar-refractivity contribution < 1.29 is 23.9 Å². The second kappa shape index (κ2) is 8.48. The number of barbiturate groups is 1. The topological polar surface area (TPSA) is 84.9 Å². The van der Waals surface area contributed by atoms with Gasteiger partial charge in [-0.05, 0) is 57.8 Å². The molecule has 29 heavy (non-hydrogen) atoms. The quantitative estimate of drug-likeness (QED) is 0.545. The third-order valence-electron chi connectivity index (χ3n) is 4.48. The summed E-state index contributed by atoms with van der Waals surface area (Å²) in [6.07, 6.45) is 2.04. The number of halogens is 1. The van der Waals surface area contributed by atoms with E-state index in [1.807, 2.05) is 19.1 Å². The summed E-state index contributed by atoms with van der Waals surface area (Å²) in [5.41, 5.74) is 1.64. The van der Waals surface area contributed by atoms with Gasteiger partial charge in [-0.15, -0.1) is 0 Å². The van der Waals surface area contributed by atoms with Crippen LogP contribution in [-0.2, 0) is 16.0 Å². The Balaban J connectivity index is 2.08. The molecule has 1 aliphatic rings. The number of carbonyl (C=O) groups excluding carboxylic acids is 3. The molecule has 3 rings (SSSR count). The van der Waals surface area contributed by atoms with Gasteiger partial charge in [0.2, 0.25) is 0 Å². The van der Waals surface area contributed by atoms with E-state index < -0.39 is 17.8 Å². The molecule has 1 N–H and O–H groups in total. The van der Waals surface area contributed by atoms with E-state index in [9.17, 15) is 14.4 Å². The molecular formula is C21H19BrN2O5. The molecule has 1 aliphatic heterocycles. The Morgan fingerprint density at radius 1 is 1.10 bits per heavy atom. The lowest BCUT2D eigenvalue weighted by Crippen LogP contribution is -2.54. The van der Waals surface area contributed by atoms with Gasteiger partial charge in [-0.2, -0.15) is 0 Å². The molecule has 0 aliphatic carbocycles. The van der Waals surface area contributed by atoms with E-state index in [0.29, 0.717) is 33.6 Å². The molecule has 2 aromatic rings. The zero-order valence-electron chi connectivity index (χ0n) is 16.1. The second-order valence-electron chi connectivity index (χ2n) is 6.18. The maximum atomic E-state index is 13.1. The summed E-state index contributed by atoms with van der Waals surface area (Å²) < 4.78 is 11.2. The molecule has 0 unspecified atom stereocenters. The van der Waals surface area contributed by atoms with E-state index in [-0.39, 0.29) is 5.57 Å². The van der Waals surface area contributed by atoms with Crippen molar-refractivity contribution in [2.75, 3.05) is 19.1 Å². The highest BCUT2D eigenvalue weighted by molar-refractivity contribution is 9.10. The molecular weight excluding hydrogens is 440 g/mol. The first-order chi connectivity index (χ1) is 13.9. The monoisotopic (exact) mass is 458 g/mol. The van der Waals surface area contributed by atoms with E-state index in [1.54, 1.807) is 24.3 Å². The van der Waals surface area contributed by atoms with Crippen LogP contribution in [0.15, 0.2) is 46.4 Å². The minimum atomic E-state index is -0.772. The summed E-state index contributed by atoms with van der Waals surface area (Å²) in [7, 11) is 3.00. The van der Waals surface area contributed by atoms with Gasteiger partial charge in [-0.3, -0.25) is 14.9 Å². The summed E-state index contributed by atoms with van der Waals surface area (Å²) in [4.78, 5) is 38.9. The Morgan fingerprint density at radius 3 is 2.48 bits per heavy atom. The van der Waals surface area contributed by atoms with Crippen molar-refractivity contribution in [2.24, 2.45) is 0 Å². The van der Waals surface area contributed by atoms with Crippen molar-refractivity contribution in [3.63, 3.8) is 0 Å². The SMILES string of the molecule is CCc1ccccc1N1C(=O)NC(=O)C(=Cc2cc(Br)c(OC)c(OC)c2)C1=O. The Morgan fingerprint density at radius 2 is 1.83 bits per heavy atom. The van der Waals surface area contributed by atoms with Crippen molar-refractivity contribution >= 4 is 45.5 Å². The molecule has 150 valence electrons. The van der Waals surface area contributed by atoms with Gasteiger partial charge in [0, 0.05) is 0 Å². The molecule has 7 nitrogen and oxygen atoms in total. The molecule has 0 spiro atoms. The highest BCUT2D eigenvalue weighted by atomic mass is 79.9. The molecule has 0 atom stereocenters. The Kier molecular flexibility index (Phi) is 6.03. The predicted molar refractivity (Wildman–Crippen MR) is 112 cm³/mol. The molecule has 1 heterocycles. The molecule has 0 bridgehead atoms. The van der Waals surface area contributed by atoms with Crippen molar-refractivity contribution in [1.29, 1.82) is 0 Å². The minimum Gasteiger partial charge on any atom is -0.493 e. The summed E-state index contributed by atoms with van der Waals surface area (Å²) in [6.45, 7) is 1.92. The lowest BCUT2D eigenvalue weighted by atomic mass is 10.0. The molecule has 8 heteroatoms. The standard InChI is InChI=1S/C21H19BrN2O5/c1-4-13-7-5-6-8-16(13)24-20(26)14(19(25)23-21(24)27)9-12-10-15(22)18(29-3)17(11-12)28-2/h5-11H,4H2,1-3H3,(H,23,25,27). The fourth-order valence-corrected chi connectivity index (χ4v) is 3.71. The van der Waals surface area contributed by atoms with Crippen molar-refractivity contribution in [3.8, 4) is 11.5 Å². The van der Waals surface area contributed by atoms with Crippen LogP contribution in [0.5, 0.6) is 11.5 Å². The van der Waals surface area contributed by atoms with Gasteiger partial charge in [0.25, 0.3) is 11.8 Å². The number of imide groups is 2. The van der Waals surface area contributed by atoms with Crippen LogP contribution in [0.4, 0.5) is 10.5 Å². The number of hydrogen-bond acceptors (Lipinski definition) is 5. The highest BCUT2D eigenvalue weighted by Crippen LogP contribution is 2.37. The number of benzene rings is 2. The lowest BCUT2D eigenvalue weighted by Gasteiger charge is -2.28. The van der Waals surface area contributed by atoms with Gasteiger partial charge in [-0.25, -0.2) is 9.69 Å². The number of ether oxygens (including phenoxy) is 2. The number of carbonyl (C=O) groups is 3. The third kappa shape index (κ3) is 3.88. The van der Waals surface area contributed by atoms with Gasteiger partial charge in [0.05, 0.1) is 24.4 Å². The van der Waals surface area contributed by atoms with Gasteiger partial charge >= 0.3 is 6.03 Å². The number of nitrogens with zero attached hydrogens (tertiary/aromatic N) is 1. The molecule has 0 aromatic heterocycles. The van der Waals surface area contributed by atoms with E-state index in [0.717, 1.165) is 10.5 Å². The Bertz CT molecular complexity index is 1030. The summed E-state index contributed by atoms with van der Waals surface area (Å²) in [5.74, 6) is -0.522. The van der Waals surface area contributed by atoms with Crippen LogP contribution in [0.3, 0.4) is 0 Å². The number of methoxy groups -OCH3 is 2. The largest absolute Gasteiger partial charge is 0.493 e. The number of aryl methyl sites for hydroxylation is 1. The first-order valence-corrected chi connectivity index (χ1v) is 9.61. The smallest absolute Gasteiger partial charge is 0.335 e. The van der Waals surface area contributed by atoms with E-state index in [1.165, 1.54) is 20.3 Å². The first-order valence-electron chi connectivity index (χ1n) is 8.82. The van der Waals surface area contributed by atoms with E-state index >= 15 is 0 Å². The Hall–Kier alpha value is -3.13. The van der Waals surface area contributed by atoms with Crippen molar-refractivity contribution in [1.82, 2.24) is 5.32 Å². The molecule has 2 aromatic carbocycles. The summed E-state index contributed by atoms with van der Waals surface area (Å²) in [6, 6.07) is 9.63. The van der Waals surface area contributed by atoms with Crippen LogP contribution >= 0.6 is 15.9 Å². The molecule has 0 saturated carbocycles. The zero-order chi connectivity index (χ0) is 21.1. The maximum Gasteiger partial charge on any atom is 0.335 e. The lowest BCUT2D eigenvalue weighted by molar-refractivity contribution is -0.122. The molecule has 1 fully saturated rings. The third-order valence-corrected chi connectivity index (χ3v) is 5.07. The molecule has 0 radical (unpaired) electrons. The fraction of sp³-hybridized carbons (Fsp3) is 0.190. The number of urea groups is 1. The highest BCUT2D eigenvalue weighted by Gasteiger charge is 2.37. The summed E-state index contributed by atoms with van der Waals surface area (Å²) >= 11 is 3.39. The van der Waals surface area contributed by atoms with E-state index in [4.69, 9.17) is 9.47 Å². The maximum absolute atomic E-state index is 13.1. The second-order valence-corrected chi connectivity index (χ2v) is 7.03. The fourth-order valence-electron chi connectivity index (χ4n) is 3.09. The number of amides is 4. The van der Waals surface area contributed by atoms with Crippen LogP contribution in [-0.4, -0.2) is 32.1 Å². The van der Waals surface area contributed by atoms with Crippen LogP contribution in [0.1, 0.15) is 18.1 Å². The molecule has 4 amide bonds. The number of nitrogens with one attached hydrogen (secondary N) is 1. The number of hydrogen-bond donors (Lipinski definition) is 1. The number of rotatable bonds is 5. The number of anilines is 1. The average Bonchev–Trinajstić information content (AvgIpc) is 2.70. The zero-order valence-corrected chi connectivity index (χ0v) is 17.7. The van der Waals surface area contributed by atoms with Crippen LogP contribution < -0.4 is 19.7 Å². The van der Waals surface area contributed by atoms with Crippen molar-refractivity contribution in [3.05, 3.63) is 57.6 Å². The van der Waals surface area contributed by atoms with Crippen LogP contribution in [0.2, 0.25) is 0 Å². The predicted octanol–water partition coefficient (Wildman–Crippen LogP) is 3.70. The van der Waals surface area contributed by atoms with Gasteiger partial charge in [0.15, 0.2) is 11.5 Å². The average molecular weight is 459 g/mol.